The average Bonchev–Trinajstić information content (AvgIpc) is 2.93. The molecule has 1 aliphatic rings. The summed E-state index contributed by atoms with van der Waals surface area (Å²) in [4.78, 5) is 16.4. The minimum Gasteiger partial charge on any atom is -0.300 e. The van der Waals surface area contributed by atoms with Gasteiger partial charge in [0.25, 0.3) is 0 Å². The fourth-order valence-electron chi connectivity index (χ4n) is 3.10. The minimum absolute atomic E-state index is 0.512. The van der Waals surface area contributed by atoms with E-state index in [1.165, 1.54) is 25.1 Å². The van der Waals surface area contributed by atoms with Crippen molar-refractivity contribution in [1.82, 2.24) is 19.9 Å². The van der Waals surface area contributed by atoms with Crippen molar-refractivity contribution in [3.63, 3.8) is 0 Å². The molecule has 5 heteroatoms. The third kappa shape index (κ3) is 3.36. The van der Waals surface area contributed by atoms with Crippen LogP contribution >= 0.6 is 11.3 Å². The smallest absolute Gasteiger partial charge is 0.142 e. The summed E-state index contributed by atoms with van der Waals surface area (Å²) in [6.45, 7) is 10.9. The SMILES string of the molecule is Cc1csc(-c2cc([C@@H]3CCCN(C(C)C)C3)nc(C)n2)n1. The van der Waals surface area contributed by atoms with E-state index in [-0.39, 0.29) is 0 Å². The van der Waals surface area contributed by atoms with Crippen LogP contribution in [0.4, 0.5) is 0 Å². The van der Waals surface area contributed by atoms with Gasteiger partial charge in [-0.25, -0.2) is 15.0 Å². The summed E-state index contributed by atoms with van der Waals surface area (Å²) in [5.41, 5.74) is 3.21. The van der Waals surface area contributed by atoms with Crippen LogP contribution in [-0.2, 0) is 0 Å². The van der Waals surface area contributed by atoms with Gasteiger partial charge in [0, 0.05) is 35.3 Å². The Morgan fingerprint density at radius 1 is 1.23 bits per heavy atom. The van der Waals surface area contributed by atoms with Gasteiger partial charge in [-0.2, -0.15) is 0 Å². The van der Waals surface area contributed by atoms with Crippen molar-refractivity contribution in [2.24, 2.45) is 0 Å². The number of likely N-dealkylation sites (tertiary alicyclic amines) is 1. The molecule has 0 spiro atoms. The molecule has 0 radical (unpaired) electrons. The zero-order chi connectivity index (χ0) is 15.7. The molecular formula is C17H24N4S. The van der Waals surface area contributed by atoms with E-state index >= 15 is 0 Å². The van der Waals surface area contributed by atoms with Gasteiger partial charge >= 0.3 is 0 Å². The van der Waals surface area contributed by atoms with Gasteiger partial charge in [-0.05, 0) is 53.1 Å². The van der Waals surface area contributed by atoms with Gasteiger partial charge in [0.15, 0.2) is 0 Å². The molecule has 1 aliphatic heterocycles. The summed E-state index contributed by atoms with van der Waals surface area (Å²) in [7, 11) is 0. The zero-order valence-electron chi connectivity index (χ0n) is 13.8. The maximum Gasteiger partial charge on any atom is 0.142 e. The van der Waals surface area contributed by atoms with E-state index in [0.717, 1.165) is 28.8 Å². The Bertz CT molecular complexity index is 650. The van der Waals surface area contributed by atoms with Gasteiger partial charge in [-0.1, -0.05) is 0 Å². The summed E-state index contributed by atoms with van der Waals surface area (Å²) in [6.07, 6.45) is 2.47. The molecule has 22 heavy (non-hydrogen) atoms. The van der Waals surface area contributed by atoms with Crippen LogP contribution in [0, 0.1) is 13.8 Å². The van der Waals surface area contributed by atoms with Crippen molar-refractivity contribution in [3.8, 4) is 10.7 Å². The standard InChI is InChI=1S/C17H24N4S/c1-11(2)21-7-5-6-14(9-21)15-8-16(20-13(4)19-15)17-18-12(3)10-22-17/h8,10-11,14H,5-7,9H2,1-4H3/t14-/m1/s1. The number of nitrogens with zero attached hydrogens (tertiary/aromatic N) is 4. The van der Waals surface area contributed by atoms with E-state index in [9.17, 15) is 0 Å². The zero-order valence-corrected chi connectivity index (χ0v) is 14.7. The summed E-state index contributed by atoms with van der Waals surface area (Å²) in [6, 6.07) is 2.76. The monoisotopic (exact) mass is 316 g/mol. The molecular weight excluding hydrogens is 292 g/mol. The lowest BCUT2D eigenvalue weighted by Crippen LogP contribution is -2.39. The van der Waals surface area contributed by atoms with Crippen molar-refractivity contribution < 1.29 is 0 Å². The maximum atomic E-state index is 4.72. The Morgan fingerprint density at radius 3 is 2.73 bits per heavy atom. The van der Waals surface area contributed by atoms with Crippen molar-refractivity contribution >= 4 is 11.3 Å². The lowest BCUT2D eigenvalue weighted by Gasteiger charge is -2.35. The van der Waals surface area contributed by atoms with Gasteiger partial charge < -0.3 is 4.90 Å². The molecule has 2 aromatic rings. The molecule has 118 valence electrons. The van der Waals surface area contributed by atoms with Crippen LogP contribution in [0.2, 0.25) is 0 Å². The van der Waals surface area contributed by atoms with Crippen LogP contribution in [-0.4, -0.2) is 39.0 Å². The average molecular weight is 316 g/mol. The molecule has 0 unspecified atom stereocenters. The van der Waals surface area contributed by atoms with E-state index in [0.29, 0.717) is 12.0 Å². The number of thiazole rings is 1. The fraction of sp³-hybridized carbons (Fsp3) is 0.588. The van der Waals surface area contributed by atoms with Crippen molar-refractivity contribution in [2.75, 3.05) is 13.1 Å². The van der Waals surface area contributed by atoms with Crippen molar-refractivity contribution in [3.05, 3.63) is 28.7 Å². The second-order valence-electron chi connectivity index (χ2n) is 6.45. The first kappa shape index (κ1) is 15.6. The molecule has 0 amide bonds. The first-order chi connectivity index (χ1) is 10.5. The van der Waals surface area contributed by atoms with E-state index in [1.807, 2.05) is 13.8 Å². The molecule has 2 aromatic heterocycles. The normalized spacial score (nSPS) is 19.8. The summed E-state index contributed by atoms with van der Waals surface area (Å²) < 4.78 is 0. The van der Waals surface area contributed by atoms with Crippen LogP contribution in [0.15, 0.2) is 11.4 Å². The Balaban J connectivity index is 1.89. The summed E-state index contributed by atoms with van der Waals surface area (Å²) in [5.74, 6) is 1.36. The highest BCUT2D eigenvalue weighted by Crippen LogP contribution is 2.30. The molecule has 1 atom stereocenters. The first-order valence-electron chi connectivity index (χ1n) is 8.05. The molecule has 0 aromatic carbocycles. The molecule has 0 bridgehead atoms. The number of hydrogen-bond donors (Lipinski definition) is 0. The highest BCUT2D eigenvalue weighted by molar-refractivity contribution is 7.13. The minimum atomic E-state index is 0.512. The maximum absolute atomic E-state index is 4.72. The lowest BCUT2D eigenvalue weighted by atomic mass is 9.93. The van der Waals surface area contributed by atoms with Crippen molar-refractivity contribution in [2.45, 2.75) is 52.5 Å². The number of rotatable bonds is 3. The number of piperidine rings is 1. The number of hydrogen-bond acceptors (Lipinski definition) is 5. The quantitative estimate of drug-likeness (QED) is 0.863. The summed E-state index contributed by atoms with van der Waals surface area (Å²) in [5, 5.41) is 3.08. The molecule has 4 nitrogen and oxygen atoms in total. The van der Waals surface area contributed by atoms with Crippen LogP contribution < -0.4 is 0 Å². The Kier molecular flexibility index (Phi) is 4.54. The highest BCUT2D eigenvalue weighted by Gasteiger charge is 2.24. The van der Waals surface area contributed by atoms with Gasteiger partial charge in [0.1, 0.15) is 16.5 Å². The Labute approximate surface area is 136 Å². The van der Waals surface area contributed by atoms with Gasteiger partial charge in [0.2, 0.25) is 0 Å². The van der Waals surface area contributed by atoms with Crippen LogP contribution in [0.1, 0.15) is 49.8 Å². The lowest BCUT2D eigenvalue weighted by molar-refractivity contribution is 0.166. The van der Waals surface area contributed by atoms with E-state index in [2.05, 4.69) is 40.2 Å². The first-order valence-corrected chi connectivity index (χ1v) is 8.93. The van der Waals surface area contributed by atoms with Gasteiger partial charge in [-0.3, -0.25) is 0 Å². The van der Waals surface area contributed by atoms with Crippen LogP contribution in [0.5, 0.6) is 0 Å². The molecule has 1 saturated heterocycles. The van der Waals surface area contributed by atoms with E-state index in [4.69, 9.17) is 4.98 Å². The predicted molar refractivity (Wildman–Crippen MR) is 91.3 cm³/mol. The molecule has 0 saturated carbocycles. The Hall–Kier alpha value is -1.33. The molecule has 3 heterocycles. The van der Waals surface area contributed by atoms with Crippen LogP contribution in [0.3, 0.4) is 0 Å². The molecule has 1 fully saturated rings. The second kappa shape index (κ2) is 6.42. The van der Waals surface area contributed by atoms with E-state index in [1.54, 1.807) is 11.3 Å². The Morgan fingerprint density at radius 2 is 2.05 bits per heavy atom. The van der Waals surface area contributed by atoms with Crippen LogP contribution in [0.25, 0.3) is 10.7 Å². The summed E-state index contributed by atoms with van der Waals surface area (Å²) >= 11 is 1.66. The predicted octanol–water partition coefficient (Wildman–Crippen LogP) is 3.80. The third-order valence-corrected chi connectivity index (χ3v) is 5.28. The number of aryl methyl sites for hydroxylation is 2. The van der Waals surface area contributed by atoms with Gasteiger partial charge in [-0.15, -0.1) is 11.3 Å². The van der Waals surface area contributed by atoms with E-state index < -0.39 is 0 Å². The fourth-order valence-corrected chi connectivity index (χ4v) is 3.85. The third-order valence-electron chi connectivity index (χ3n) is 4.30. The number of aromatic nitrogens is 3. The van der Waals surface area contributed by atoms with Gasteiger partial charge in [0.05, 0.1) is 0 Å². The largest absolute Gasteiger partial charge is 0.300 e. The molecule has 0 N–H and O–H groups in total. The topological polar surface area (TPSA) is 41.9 Å². The molecule has 0 aliphatic carbocycles. The van der Waals surface area contributed by atoms with Crippen molar-refractivity contribution in [1.29, 1.82) is 0 Å². The second-order valence-corrected chi connectivity index (χ2v) is 7.31. The highest BCUT2D eigenvalue weighted by atomic mass is 32.1. The molecule has 3 rings (SSSR count).